The lowest BCUT2D eigenvalue weighted by molar-refractivity contribution is -0.121. The summed E-state index contributed by atoms with van der Waals surface area (Å²) in [6.45, 7) is 11.5. The molecule has 0 unspecified atom stereocenters. The summed E-state index contributed by atoms with van der Waals surface area (Å²) in [6.07, 6.45) is 0.911. The molecule has 2 heterocycles. The van der Waals surface area contributed by atoms with E-state index >= 15 is 0 Å². The molecule has 0 atom stereocenters. The van der Waals surface area contributed by atoms with E-state index < -0.39 is 0 Å². The molecule has 1 aliphatic heterocycles. The highest BCUT2D eigenvalue weighted by atomic mass is 16.5. The van der Waals surface area contributed by atoms with Gasteiger partial charge in [0.2, 0.25) is 0 Å². The van der Waals surface area contributed by atoms with Gasteiger partial charge in [0.05, 0.1) is 12.2 Å². The first-order valence-electron chi connectivity index (χ1n) is 10.1. The van der Waals surface area contributed by atoms with Crippen molar-refractivity contribution in [2.45, 2.75) is 53.0 Å². The summed E-state index contributed by atoms with van der Waals surface area (Å²) in [5.41, 5.74) is 1.80. The van der Waals surface area contributed by atoms with Gasteiger partial charge in [0.15, 0.2) is 12.4 Å². The largest absolute Gasteiger partial charge is 0.482 e. The van der Waals surface area contributed by atoms with Crippen LogP contribution in [-0.4, -0.2) is 25.0 Å². The third-order valence-electron chi connectivity index (χ3n) is 4.97. The van der Waals surface area contributed by atoms with E-state index in [0.29, 0.717) is 24.0 Å². The number of furan rings is 1. The Morgan fingerprint density at radius 2 is 1.97 bits per heavy atom. The van der Waals surface area contributed by atoms with Crippen molar-refractivity contribution in [3.05, 3.63) is 47.4 Å². The second-order valence-electron chi connectivity index (χ2n) is 8.91. The predicted octanol–water partition coefficient (Wildman–Crippen LogP) is 4.28. The number of fused-ring (bicyclic) bond motifs is 1. The number of rotatable bonds is 6. The molecular formula is C23H30N2O4. The fourth-order valence-corrected chi connectivity index (χ4v) is 3.14. The zero-order chi connectivity index (χ0) is 21.2. The van der Waals surface area contributed by atoms with Gasteiger partial charge in [-0.2, -0.15) is 0 Å². The van der Waals surface area contributed by atoms with E-state index in [0.717, 1.165) is 17.7 Å². The normalized spacial score (nSPS) is 14.0. The van der Waals surface area contributed by atoms with E-state index in [4.69, 9.17) is 9.15 Å². The summed E-state index contributed by atoms with van der Waals surface area (Å²) in [6, 6.07) is 9.32. The molecule has 0 aliphatic carbocycles. The molecule has 1 N–H and O–H groups in total. The Morgan fingerprint density at radius 3 is 2.66 bits per heavy atom. The Morgan fingerprint density at radius 1 is 1.21 bits per heavy atom. The van der Waals surface area contributed by atoms with Crippen LogP contribution in [0.3, 0.4) is 0 Å². The van der Waals surface area contributed by atoms with Crippen LogP contribution in [0.1, 0.15) is 62.9 Å². The Hall–Kier alpha value is -2.76. The molecule has 6 heteroatoms. The fraction of sp³-hybridized carbons (Fsp3) is 0.478. The lowest BCUT2D eigenvalue weighted by Crippen LogP contribution is -2.38. The zero-order valence-electron chi connectivity index (χ0n) is 17.9. The standard InChI is InChI=1S/C23H30N2O4/c1-15(2)10-11-24-22(27)20-9-7-17(29-20)13-25-18-12-16(23(3,4)5)6-8-19(18)28-14-21(25)26/h6-9,12,15H,10-11,13-14H2,1-5H3,(H,24,27). The van der Waals surface area contributed by atoms with Gasteiger partial charge in [-0.25, -0.2) is 0 Å². The minimum absolute atomic E-state index is 0.00881. The summed E-state index contributed by atoms with van der Waals surface area (Å²) in [5.74, 6) is 1.64. The summed E-state index contributed by atoms with van der Waals surface area (Å²) in [7, 11) is 0. The van der Waals surface area contributed by atoms with Gasteiger partial charge in [0, 0.05) is 6.54 Å². The van der Waals surface area contributed by atoms with Gasteiger partial charge in [-0.05, 0) is 47.6 Å². The number of anilines is 1. The summed E-state index contributed by atoms with van der Waals surface area (Å²) < 4.78 is 11.3. The molecule has 0 bridgehead atoms. The molecule has 156 valence electrons. The molecule has 1 aliphatic rings. The van der Waals surface area contributed by atoms with E-state index in [-0.39, 0.29) is 36.1 Å². The number of hydrogen-bond donors (Lipinski definition) is 1. The smallest absolute Gasteiger partial charge is 0.286 e. The Balaban J connectivity index is 1.76. The third kappa shape index (κ3) is 5.00. The average Bonchev–Trinajstić information content (AvgIpc) is 3.11. The molecule has 1 aromatic carbocycles. The van der Waals surface area contributed by atoms with E-state index in [9.17, 15) is 9.59 Å². The summed E-state index contributed by atoms with van der Waals surface area (Å²) in [4.78, 5) is 26.5. The van der Waals surface area contributed by atoms with Crippen molar-refractivity contribution >= 4 is 17.5 Å². The molecule has 0 radical (unpaired) electrons. The Bertz CT molecular complexity index is 893. The van der Waals surface area contributed by atoms with Crippen LogP contribution in [0.4, 0.5) is 5.69 Å². The van der Waals surface area contributed by atoms with E-state index in [1.54, 1.807) is 17.0 Å². The van der Waals surface area contributed by atoms with E-state index in [2.05, 4.69) is 39.9 Å². The van der Waals surface area contributed by atoms with Gasteiger partial charge in [0.25, 0.3) is 11.8 Å². The van der Waals surface area contributed by atoms with Gasteiger partial charge in [-0.3, -0.25) is 14.5 Å². The number of carbonyl (C=O) groups is 2. The van der Waals surface area contributed by atoms with Gasteiger partial charge in [0.1, 0.15) is 11.5 Å². The summed E-state index contributed by atoms with van der Waals surface area (Å²) >= 11 is 0. The van der Waals surface area contributed by atoms with Gasteiger partial charge in [-0.15, -0.1) is 0 Å². The Labute approximate surface area is 172 Å². The summed E-state index contributed by atoms with van der Waals surface area (Å²) in [5, 5.41) is 2.86. The number of benzene rings is 1. The lowest BCUT2D eigenvalue weighted by Gasteiger charge is -2.30. The van der Waals surface area contributed by atoms with Crippen LogP contribution >= 0.6 is 0 Å². The molecule has 3 rings (SSSR count). The molecule has 0 saturated heterocycles. The van der Waals surface area contributed by atoms with Crippen molar-refractivity contribution in [2.24, 2.45) is 5.92 Å². The van der Waals surface area contributed by atoms with Crippen molar-refractivity contribution in [1.82, 2.24) is 5.32 Å². The molecule has 2 amide bonds. The first-order valence-corrected chi connectivity index (χ1v) is 10.1. The SMILES string of the molecule is CC(C)CCNC(=O)c1ccc(CN2C(=O)COc3ccc(C(C)(C)C)cc32)o1. The van der Waals surface area contributed by atoms with Crippen molar-refractivity contribution in [2.75, 3.05) is 18.1 Å². The first kappa shape index (κ1) is 21.0. The number of amides is 2. The van der Waals surface area contributed by atoms with Gasteiger partial charge >= 0.3 is 0 Å². The Kier molecular flexibility index (Phi) is 6.01. The highest BCUT2D eigenvalue weighted by Crippen LogP contribution is 2.37. The van der Waals surface area contributed by atoms with Crippen molar-refractivity contribution < 1.29 is 18.7 Å². The monoisotopic (exact) mass is 398 g/mol. The molecule has 29 heavy (non-hydrogen) atoms. The van der Waals surface area contributed by atoms with Crippen LogP contribution in [0, 0.1) is 5.92 Å². The van der Waals surface area contributed by atoms with Crippen LogP contribution in [0.5, 0.6) is 5.75 Å². The molecule has 0 saturated carbocycles. The maximum absolute atomic E-state index is 12.5. The van der Waals surface area contributed by atoms with Crippen LogP contribution in [0.25, 0.3) is 0 Å². The fourth-order valence-electron chi connectivity index (χ4n) is 3.14. The number of carbonyl (C=O) groups excluding carboxylic acids is 2. The highest BCUT2D eigenvalue weighted by molar-refractivity contribution is 5.98. The van der Waals surface area contributed by atoms with Crippen molar-refractivity contribution in [3.8, 4) is 5.75 Å². The highest BCUT2D eigenvalue weighted by Gasteiger charge is 2.28. The van der Waals surface area contributed by atoms with Crippen LogP contribution in [0.2, 0.25) is 0 Å². The van der Waals surface area contributed by atoms with Gasteiger partial charge in [-0.1, -0.05) is 40.7 Å². The minimum atomic E-state index is -0.236. The molecule has 1 aromatic heterocycles. The number of nitrogens with one attached hydrogen (secondary N) is 1. The van der Waals surface area contributed by atoms with E-state index in [1.165, 1.54) is 0 Å². The van der Waals surface area contributed by atoms with Crippen molar-refractivity contribution in [1.29, 1.82) is 0 Å². The number of nitrogens with zero attached hydrogens (tertiary/aromatic N) is 1. The predicted molar refractivity (Wildman–Crippen MR) is 112 cm³/mol. The topological polar surface area (TPSA) is 71.8 Å². The second-order valence-corrected chi connectivity index (χ2v) is 8.91. The quantitative estimate of drug-likeness (QED) is 0.788. The van der Waals surface area contributed by atoms with Crippen LogP contribution in [0.15, 0.2) is 34.7 Å². The lowest BCUT2D eigenvalue weighted by atomic mass is 9.86. The van der Waals surface area contributed by atoms with Crippen LogP contribution < -0.4 is 15.0 Å². The van der Waals surface area contributed by atoms with E-state index in [1.807, 2.05) is 18.2 Å². The minimum Gasteiger partial charge on any atom is -0.482 e. The first-order chi connectivity index (χ1) is 13.6. The zero-order valence-corrected chi connectivity index (χ0v) is 17.9. The second kappa shape index (κ2) is 8.31. The molecule has 0 spiro atoms. The maximum Gasteiger partial charge on any atom is 0.286 e. The molecule has 2 aromatic rings. The number of ether oxygens (including phenoxy) is 1. The molecule has 6 nitrogen and oxygen atoms in total. The van der Waals surface area contributed by atoms with Crippen molar-refractivity contribution in [3.63, 3.8) is 0 Å². The van der Waals surface area contributed by atoms with Gasteiger partial charge < -0.3 is 14.5 Å². The number of hydrogen-bond acceptors (Lipinski definition) is 4. The third-order valence-corrected chi connectivity index (χ3v) is 4.97. The average molecular weight is 399 g/mol. The maximum atomic E-state index is 12.5. The molecule has 0 fully saturated rings. The molecular weight excluding hydrogens is 368 g/mol. The van der Waals surface area contributed by atoms with Crippen LogP contribution in [-0.2, 0) is 16.8 Å².